The Hall–Kier alpha value is -0.160. The zero-order chi connectivity index (χ0) is 9.19. The van der Waals surface area contributed by atoms with E-state index in [-0.39, 0.29) is 6.61 Å². The minimum absolute atomic E-state index is 0.209. The molecule has 3 N–H and O–H groups in total. The topological polar surface area (TPSA) is 55.7 Å². The summed E-state index contributed by atoms with van der Waals surface area (Å²) in [6, 6.07) is 0.386. The van der Waals surface area contributed by atoms with E-state index in [1.54, 1.807) is 6.92 Å². The molecular formula is C8H18N2O2. The molecule has 0 amide bonds. The highest BCUT2D eigenvalue weighted by atomic mass is 16.3. The van der Waals surface area contributed by atoms with Crippen LogP contribution in [0.25, 0.3) is 0 Å². The van der Waals surface area contributed by atoms with Crippen LogP contribution >= 0.6 is 0 Å². The van der Waals surface area contributed by atoms with Crippen molar-refractivity contribution in [3.8, 4) is 0 Å². The van der Waals surface area contributed by atoms with Gasteiger partial charge < -0.3 is 15.5 Å². The molecule has 0 aromatic rings. The van der Waals surface area contributed by atoms with Crippen molar-refractivity contribution in [2.24, 2.45) is 0 Å². The number of piperazine rings is 1. The molecule has 2 unspecified atom stereocenters. The third kappa shape index (κ3) is 2.17. The second-order valence-electron chi connectivity index (χ2n) is 3.68. The van der Waals surface area contributed by atoms with Crippen molar-refractivity contribution in [2.45, 2.75) is 25.6 Å². The Kier molecular flexibility index (Phi) is 3.06. The molecule has 0 aromatic carbocycles. The van der Waals surface area contributed by atoms with Gasteiger partial charge in [-0.15, -0.1) is 0 Å². The summed E-state index contributed by atoms with van der Waals surface area (Å²) in [7, 11) is 0. The van der Waals surface area contributed by atoms with E-state index in [0.717, 1.165) is 19.6 Å². The smallest absolute Gasteiger partial charge is 0.139 e. The standard InChI is InChI=1S/C8H18N2O2/c1-7-5-10(4-3-9-7)8(2,12)6-11/h7,9,11-12H,3-6H2,1-2H3. The first-order valence-corrected chi connectivity index (χ1v) is 4.38. The van der Waals surface area contributed by atoms with E-state index in [9.17, 15) is 5.11 Å². The fourth-order valence-electron chi connectivity index (χ4n) is 1.47. The highest BCUT2D eigenvalue weighted by molar-refractivity contribution is 4.82. The third-order valence-corrected chi connectivity index (χ3v) is 2.35. The molecule has 0 aromatic heterocycles. The van der Waals surface area contributed by atoms with Crippen LogP contribution in [0.5, 0.6) is 0 Å². The lowest BCUT2D eigenvalue weighted by Crippen LogP contribution is -2.59. The predicted octanol–water partition coefficient (Wildman–Crippen LogP) is -1.02. The number of aliphatic hydroxyl groups excluding tert-OH is 1. The highest BCUT2D eigenvalue weighted by Crippen LogP contribution is 2.12. The van der Waals surface area contributed by atoms with Gasteiger partial charge in [0.2, 0.25) is 0 Å². The van der Waals surface area contributed by atoms with Gasteiger partial charge in [0, 0.05) is 25.7 Å². The summed E-state index contributed by atoms with van der Waals surface area (Å²) in [6.45, 7) is 5.95. The summed E-state index contributed by atoms with van der Waals surface area (Å²) in [6.07, 6.45) is 0. The number of nitrogens with one attached hydrogen (secondary N) is 1. The van der Waals surface area contributed by atoms with Crippen LogP contribution in [0.2, 0.25) is 0 Å². The zero-order valence-electron chi connectivity index (χ0n) is 7.75. The summed E-state index contributed by atoms with van der Waals surface area (Å²) in [5, 5.41) is 21.9. The van der Waals surface area contributed by atoms with E-state index >= 15 is 0 Å². The quantitative estimate of drug-likeness (QED) is 0.501. The Morgan fingerprint density at radius 3 is 2.83 bits per heavy atom. The van der Waals surface area contributed by atoms with Crippen molar-refractivity contribution in [3.05, 3.63) is 0 Å². The summed E-state index contributed by atoms with van der Waals surface area (Å²) >= 11 is 0. The Balaban J connectivity index is 2.50. The molecule has 1 aliphatic heterocycles. The summed E-state index contributed by atoms with van der Waals surface area (Å²) in [5.41, 5.74) is -1.06. The average molecular weight is 174 g/mol. The van der Waals surface area contributed by atoms with E-state index < -0.39 is 5.72 Å². The van der Waals surface area contributed by atoms with E-state index in [0.29, 0.717) is 6.04 Å². The second kappa shape index (κ2) is 3.70. The molecule has 4 nitrogen and oxygen atoms in total. The third-order valence-electron chi connectivity index (χ3n) is 2.35. The lowest BCUT2D eigenvalue weighted by Gasteiger charge is -2.40. The second-order valence-corrected chi connectivity index (χ2v) is 3.68. The molecule has 4 heteroatoms. The van der Waals surface area contributed by atoms with Crippen LogP contribution in [0.1, 0.15) is 13.8 Å². The van der Waals surface area contributed by atoms with Crippen molar-refractivity contribution in [1.82, 2.24) is 10.2 Å². The molecule has 0 aliphatic carbocycles. The molecule has 1 saturated heterocycles. The van der Waals surface area contributed by atoms with Crippen LogP contribution in [-0.2, 0) is 0 Å². The van der Waals surface area contributed by atoms with Crippen LogP contribution in [0.15, 0.2) is 0 Å². The molecule has 1 aliphatic rings. The molecule has 12 heavy (non-hydrogen) atoms. The normalized spacial score (nSPS) is 31.5. The van der Waals surface area contributed by atoms with Crippen LogP contribution < -0.4 is 5.32 Å². The van der Waals surface area contributed by atoms with Gasteiger partial charge in [0.15, 0.2) is 0 Å². The summed E-state index contributed by atoms with van der Waals surface area (Å²) in [4.78, 5) is 1.90. The van der Waals surface area contributed by atoms with Gasteiger partial charge in [0.25, 0.3) is 0 Å². The van der Waals surface area contributed by atoms with Crippen LogP contribution in [0.4, 0.5) is 0 Å². The lowest BCUT2D eigenvalue weighted by atomic mass is 10.1. The van der Waals surface area contributed by atoms with Crippen LogP contribution in [-0.4, -0.2) is 53.1 Å². The number of rotatable bonds is 2. The molecule has 1 fully saturated rings. The molecule has 0 spiro atoms. The molecule has 0 bridgehead atoms. The molecule has 72 valence electrons. The maximum absolute atomic E-state index is 9.71. The monoisotopic (exact) mass is 174 g/mol. The van der Waals surface area contributed by atoms with Gasteiger partial charge >= 0.3 is 0 Å². The van der Waals surface area contributed by atoms with Gasteiger partial charge in [-0.05, 0) is 13.8 Å². The Bertz CT molecular complexity index is 150. The van der Waals surface area contributed by atoms with Gasteiger partial charge in [0.05, 0.1) is 6.61 Å². The SMILES string of the molecule is CC1CN(C(C)(O)CO)CCN1. The predicted molar refractivity (Wildman–Crippen MR) is 46.7 cm³/mol. The van der Waals surface area contributed by atoms with Gasteiger partial charge in [-0.3, -0.25) is 4.90 Å². The van der Waals surface area contributed by atoms with E-state index in [1.807, 2.05) is 4.90 Å². The largest absolute Gasteiger partial charge is 0.392 e. The minimum atomic E-state index is -1.06. The minimum Gasteiger partial charge on any atom is -0.392 e. The van der Waals surface area contributed by atoms with Crippen LogP contribution in [0, 0.1) is 0 Å². The molecular weight excluding hydrogens is 156 g/mol. The Labute approximate surface area is 73.2 Å². The Morgan fingerprint density at radius 1 is 1.67 bits per heavy atom. The number of nitrogens with zero attached hydrogens (tertiary/aromatic N) is 1. The fraction of sp³-hybridized carbons (Fsp3) is 1.00. The van der Waals surface area contributed by atoms with Crippen molar-refractivity contribution in [1.29, 1.82) is 0 Å². The molecule has 1 rings (SSSR count). The van der Waals surface area contributed by atoms with Crippen LogP contribution in [0.3, 0.4) is 0 Å². The average Bonchev–Trinajstić information content (AvgIpc) is 2.05. The van der Waals surface area contributed by atoms with Crippen molar-refractivity contribution < 1.29 is 10.2 Å². The molecule has 2 atom stereocenters. The van der Waals surface area contributed by atoms with E-state index in [2.05, 4.69) is 12.2 Å². The maximum atomic E-state index is 9.71. The Morgan fingerprint density at radius 2 is 2.33 bits per heavy atom. The first kappa shape index (κ1) is 9.92. The van der Waals surface area contributed by atoms with Gasteiger partial charge in [0.1, 0.15) is 5.72 Å². The number of hydrogen-bond donors (Lipinski definition) is 3. The first-order chi connectivity index (χ1) is 5.56. The molecule has 1 heterocycles. The van der Waals surface area contributed by atoms with E-state index in [4.69, 9.17) is 5.11 Å². The zero-order valence-corrected chi connectivity index (χ0v) is 7.75. The number of aliphatic hydroxyl groups is 2. The van der Waals surface area contributed by atoms with Gasteiger partial charge in [-0.25, -0.2) is 0 Å². The fourth-order valence-corrected chi connectivity index (χ4v) is 1.47. The highest BCUT2D eigenvalue weighted by Gasteiger charge is 2.30. The maximum Gasteiger partial charge on any atom is 0.139 e. The first-order valence-electron chi connectivity index (χ1n) is 4.38. The van der Waals surface area contributed by atoms with Crippen molar-refractivity contribution in [2.75, 3.05) is 26.2 Å². The summed E-state index contributed by atoms with van der Waals surface area (Å²) < 4.78 is 0. The van der Waals surface area contributed by atoms with Crippen molar-refractivity contribution >= 4 is 0 Å². The number of hydrogen-bond acceptors (Lipinski definition) is 4. The molecule has 0 radical (unpaired) electrons. The summed E-state index contributed by atoms with van der Waals surface area (Å²) in [5.74, 6) is 0. The molecule has 0 saturated carbocycles. The van der Waals surface area contributed by atoms with Gasteiger partial charge in [-0.1, -0.05) is 0 Å². The van der Waals surface area contributed by atoms with E-state index in [1.165, 1.54) is 0 Å². The lowest BCUT2D eigenvalue weighted by molar-refractivity contribution is -0.132. The van der Waals surface area contributed by atoms with Crippen molar-refractivity contribution in [3.63, 3.8) is 0 Å². The van der Waals surface area contributed by atoms with Gasteiger partial charge in [-0.2, -0.15) is 0 Å².